The van der Waals surface area contributed by atoms with E-state index in [9.17, 15) is 8.42 Å². The van der Waals surface area contributed by atoms with E-state index in [-0.39, 0.29) is 11.3 Å². The molecule has 0 amide bonds. The molecule has 2 aliphatic rings. The second-order valence-corrected chi connectivity index (χ2v) is 8.52. The zero-order valence-electron chi connectivity index (χ0n) is 11.5. The molecule has 2 N–H and O–H groups in total. The van der Waals surface area contributed by atoms with Gasteiger partial charge in [0.1, 0.15) is 0 Å². The quantitative estimate of drug-likeness (QED) is 0.852. The molecule has 1 saturated heterocycles. The van der Waals surface area contributed by atoms with Crippen molar-refractivity contribution in [2.24, 2.45) is 5.73 Å². The van der Waals surface area contributed by atoms with Gasteiger partial charge >= 0.3 is 0 Å². The van der Waals surface area contributed by atoms with Gasteiger partial charge in [0.2, 0.25) is 0 Å². The highest BCUT2D eigenvalue weighted by atomic mass is 79.9. The minimum Gasteiger partial charge on any atom is -0.347 e. The van der Waals surface area contributed by atoms with Crippen molar-refractivity contribution in [1.82, 2.24) is 0 Å². The van der Waals surface area contributed by atoms with E-state index >= 15 is 0 Å². The molecular weight excluding hydrogens is 358 g/mol. The van der Waals surface area contributed by atoms with Gasteiger partial charge < -0.3 is 15.2 Å². The second kappa shape index (κ2) is 5.62. The maximum Gasteiger partial charge on any atom is 0.184 e. The molecule has 0 radical (unpaired) electrons. The SMILES string of the molecule is NC1CCC2(CC1S(=O)(=O)c1ccccc1Br)OCCO2. The summed E-state index contributed by atoms with van der Waals surface area (Å²) in [7, 11) is -3.54. The van der Waals surface area contributed by atoms with Crippen LogP contribution in [0.5, 0.6) is 0 Å². The van der Waals surface area contributed by atoms with E-state index in [2.05, 4.69) is 15.9 Å². The van der Waals surface area contributed by atoms with Crippen LogP contribution >= 0.6 is 15.9 Å². The smallest absolute Gasteiger partial charge is 0.184 e. The Labute approximate surface area is 132 Å². The maximum absolute atomic E-state index is 12.9. The average Bonchev–Trinajstić information content (AvgIpc) is 2.90. The molecule has 1 heterocycles. The summed E-state index contributed by atoms with van der Waals surface area (Å²) in [6.07, 6.45) is 1.52. The topological polar surface area (TPSA) is 78.6 Å². The van der Waals surface area contributed by atoms with Crippen LogP contribution in [0.25, 0.3) is 0 Å². The molecule has 3 rings (SSSR count). The molecular formula is C14H18BrNO4S. The Morgan fingerprint density at radius 1 is 1.24 bits per heavy atom. The summed E-state index contributed by atoms with van der Waals surface area (Å²) >= 11 is 3.31. The molecule has 5 nitrogen and oxygen atoms in total. The third-order valence-electron chi connectivity index (χ3n) is 4.20. The third-order valence-corrected chi connectivity index (χ3v) is 7.44. The summed E-state index contributed by atoms with van der Waals surface area (Å²) in [4.78, 5) is 0.278. The van der Waals surface area contributed by atoms with Gasteiger partial charge in [-0.2, -0.15) is 0 Å². The molecule has 2 atom stereocenters. The number of benzene rings is 1. The highest BCUT2D eigenvalue weighted by molar-refractivity contribution is 9.10. The van der Waals surface area contributed by atoms with E-state index in [1.54, 1.807) is 24.3 Å². The first-order valence-corrected chi connectivity index (χ1v) is 9.30. The summed E-state index contributed by atoms with van der Waals surface area (Å²) in [5.74, 6) is -0.769. The van der Waals surface area contributed by atoms with Crippen LogP contribution in [0.15, 0.2) is 33.6 Å². The predicted octanol–water partition coefficient (Wildman–Crippen LogP) is 1.85. The van der Waals surface area contributed by atoms with E-state index in [0.717, 1.165) is 0 Å². The van der Waals surface area contributed by atoms with Crippen LogP contribution in [0.1, 0.15) is 19.3 Å². The number of hydrogen-bond donors (Lipinski definition) is 1. The van der Waals surface area contributed by atoms with Gasteiger partial charge in [-0.25, -0.2) is 8.42 Å². The van der Waals surface area contributed by atoms with Crippen LogP contribution in [0.3, 0.4) is 0 Å². The number of sulfone groups is 1. The molecule has 0 aromatic heterocycles. The lowest BCUT2D eigenvalue weighted by Gasteiger charge is -2.39. The highest BCUT2D eigenvalue weighted by Gasteiger charge is 2.49. The average molecular weight is 376 g/mol. The molecule has 1 saturated carbocycles. The van der Waals surface area contributed by atoms with Gasteiger partial charge in [-0.05, 0) is 34.5 Å². The summed E-state index contributed by atoms with van der Waals surface area (Å²) in [5, 5.41) is -0.692. The number of hydrogen-bond acceptors (Lipinski definition) is 5. The fourth-order valence-corrected chi connectivity index (χ4v) is 6.04. The van der Waals surface area contributed by atoms with Crippen LogP contribution in [0.4, 0.5) is 0 Å². The van der Waals surface area contributed by atoms with Crippen molar-refractivity contribution < 1.29 is 17.9 Å². The standard InChI is InChI=1S/C14H18BrNO4S/c15-10-3-1-2-4-12(10)21(17,18)13-9-14(6-5-11(13)16)19-7-8-20-14/h1-4,11,13H,5-9,16H2. The Morgan fingerprint density at radius 2 is 1.90 bits per heavy atom. The minimum atomic E-state index is -3.54. The van der Waals surface area contributed by atoms with Gasteiger partial charge in [-0.3, -0.25) is 0 Å². The van der Waals surface area contributed by atoms with Gasteiger partial charge in [0.05, 0.1) is 23.4 Å². The lowest BCUT2D eigenvalue weighted by molar-refractivity contribution is -0.177. The van der Waals surface area contributed by atoms with Gasteiger partial charge in [-0.15, -0.1) is 0 Å². The molecule has 21 heavy (non-hydrogen) atoms. The van der Waals surface area contributed by atoms with Crippen molar-refractivity contribution in [1.29, 1.82) is 0 Å². The van der Waals surface area contributed by atoms with E-state index in [1.807, 2.05) is 0 Å². The van der Waals surface area contributed by atoms with Gasteiger partial charge in [-0.1, -0.05) is 12.1 Å². The van der Waals surface area contributed by atoms with Crippen LogP contribution in [0.2, 0.25) is 0 Å². The van der Waals surface area contributed by atoms with Gasteiger partial charge in [0.25, 0.3) is 0 Å². The number of ether oxygens (including phenoxy) is 2. The highest BCUT2D eigenvalue weighted by Crippen LogP contribution is 2.40. The second-order valence-electron chi connectivity index (χ2n) is 5.53. The van der Waals surface area contributed by atoms with E-state index < -0.39 is 26.9 Å². The fourth-order valence-electron chi connectivity index (χ4n) is 3.07. The van der Waals surface area contributed by atoms with Crippen LogP contribution in [0, 0.1) is 0 Å². The molecule has 1 aliphatic heterocycles. The van der Waals surface area contributed by atoms with Crippen molar-refractivity contribution in [3.63, 3.8) is 0 Å². The van der Waals surface area contributed by atoms with E-state index in [1.165, 1.54) is 0 Å². The molecule has 1 spiro atoms. The molecule has 7 heteroatoms. The monoisotopic (exact) mass is 375 g/mol. The molecule has 116 valence electrons. The lowest BCUT2D eigenvalue weighted by Crippen LogP contribution is -2.52. The fraction of sp³-hybridized carbons (Fsp3) is 0.571. The van der Waals surface area contributed by atoms with Crippen LogP contribution in [-0.4, -0.2) is 38.7 Å². The van der Waals surface area contributed by atoms with E-state index in [0.29, 0.717) is 30.5 Å². The van der Waals surface area contributed by atoms with E-state index in [4.69, 9.17) is 15.2 Å². The molecule has 2 fully saturated rings. The Kier molecular flexibility index (Phi) is 4.13. The van der Waals surface area contributed by atoms with Crippen molar-refractivity contribution in [2.45, 2.75) is 41.2 Å². The maximum atomic E-state index is 12.9. The Balaban J connectivity index is 1.95. The first kappa shape index (κ1) is 15.4. The molecule has 1 aliphatic carbocycles. The van der Waals surface area contributed by atoms with Crippen molar-refractivity contribution in [3.8, 4) is 0 Å². The number of halogens is 1. The van der Waals surface area contributed by atoms with Crippen molar-refractivity contribution >= 4 is 25.8 Å². The van der Waals surface area contributed by atoms with Crippen LogP contribution < -0.4 is 5.73 Å². The summed E-state index contributed by atoms with van der Waals surface area (Å²) in [6.45, 7) is 1.02. The van der Waals surface area contributed by atoms with Gasteiger partial charge in [0, 0.05) is 23.4 Å². The number of rotatable bonds is 2. The largest absolute Gasteiger partial charge is 0.347 e. The summed E-state index contributed by atoms with van der Waals surface area (Å²) in [5.41, 5.74) is 6.10. The molecule has 0 bridgehead atoms. The minimum absolute atomic E-state index is 0.278. The van der Waals surface area contributed by atoms with Crippen molar-refractivity contribution in [2.75, 3.05) is 13.2 Å². The number of nitrogens with two attached hydrogens (primary N) is 1. The zero-order valence-corrected chi connectivity index (χ0v) is 13.9. The summed E-state index contributed by atoms with van der Waals surface area (Å²) in [6, 6.07) is 6.42. The first-order chi connectivity index (χ1) is 9.95. The van der Waals surface area contributed by atoms with Crippen molar-refractivity contribution in [3.05, 3.63) is 28.7 Å². The third kappa shape index (κ3) is 2.77. The zero-order chi connectivity index (χ0) is 15.1. The van der Waals surface area contributed by atoms with Gasteiger partial charge in [0.15, 0.2) is 15.6 Å². The summed E-state index contributed by atoms with van der Waals surface area (Å²) < 4.78 is 37.8. The molecule has 1 aromatic rings. The normalized spacial score (nSPS) is 28.9. The molecule has 2 unspecified atom stereocenters. The lowest BCUT2D eigenvalue weighted by atomic mass is 9.90. The Bertz CT molecular complexity index is 628. The first-order valence-electron chi connectivity index (χ1n) is 6.97. The predicted molar refractivity (Wildman–Crippen MR) is 81.6 cm³/mol. The van der Waals surface area contributed by atoms with Crippen LogP contribution in [-0.2, 0) is 19.3 Å². The Hall–Kier alpha value is -0.470. The molecule has 1 aromatic carbocycles. The Morgan fingerprint density at radius 3 is 2.57 bits per heavy atom.